The molecule has 5 nitrogen and oxygen atoms in total. The number of aliphatic carboxylic acids is 1. The number of hydrogen-bond acceptors (Lipinski definition) is 4. The van der Waals surface area contributed by atoms with Gasteiger partial charge in [-0.05, 0) is 25.1 Å². The molecule has 110 valence electrons. The Balaban J connectivity index is 2.99. The fraction of sp³-hybridized carbons (Fsp3) is 0.250. The van der Waals surface area contributed by atoms with Crippen molar-refractivity contribution in [2.24, 2.45) is 0 Å². The van der Waals surface area contributed by atoms with E-state index in [1.54, 1.807) is 25.1 Å². The number of para-hydroxylation sites is 1. The van der Waals surface area contributed by atoms with E-state index >= 15 is 0 Å². The normalized spacial score (nSPS) is 10.3. The van der Waals surface area contributed by atoms with E-state index in [1.807, 2.05) is 6.07 Å². The van der Waals surface area contributed by atoms with Crippen molar-refractivity contribution in [1.82, 2.24) is 0 Å². The van der Waals surface area contributed by atoms with Crippen molar-refractivity contribution in [3.63, 3.8) is 0 Å². The zero-order chi connectivity index (χ0) is 15.7. The first-order chi connectivity index (χ1) is 10.1. The zero-order valence-electron chi connectivity index (χ0n) is 11.9. The Kier molecular flexibility index (Phi) is 6.55. The van der Waals surface area contributed by atoms with Crippen molar-refractivity contribution < 1.29 is 24.2 Å². The zero-order valence-corrected chi connectivity index (χ0v) is 11.9. The van der Waals surface area contributed by atoms with Crippen LogP contribution in [0.15, 0.2) is 35.9 Å². The second-order valence-corrected chi connectivity index (χ2v) is 3.93. The van der Waals surface area contributed by atoms with Gasteiger partial charge in [0.25, 0.3) is 0 Å². The smallest absolute Gasteiger partial charge is 0.335 e. The molecule has 0 unspecified atom stereocenters. The molecule has 0 saturated heterocycles. The van der Waals surface area contributed by atoms with Crippen molar-refractivity contribution >= 4 is 11.9 Å². The highest BCUT2D eigenvalue weighted by Crippen LogP contribution is 2.15. The minimum absolute atomic E-state index is 0.00625. The van der Waals surface area contributed by atoms with E-state index in [4.69, 9.17) is 14.6 Å². The molecule has 0 aliphatic heterocycles. The lowest BCUT2D eigenvalue weighted by Gasteiger charge is -2.02. The van der Waals surface area contributed by atoms with Crippen LogP contribution in [-0.4, -0.2) is 30.8 Å². The van der Waals surface area contributed by atoms with Crippen molar-refractivity contribution in [1.29, 1.82) is 0 Å². The maximum atomic E-state index is 11.6. The monoisotopic (exact) mass is 288 g/mol. The third kappa shape index (κ3) is 5.41. The fourth-order valence-corrected chi connectivity index (χ4v) is 1.52. The van der Waals surface area contributed by atoms with E-state index in [-0.39, 0.29) is 12.2 Å². The average molecular weight is 288 g/mol. The predicted octanol–water partition coefficient (Wildman–Crippen LogP) is 2.01. The van der Waals surface area contributed by atoms with Gasteiger partial charge in [0.05, 0.1) is 31.3 Å². The fourth-order valence-electron chi connectivity index (χ4n) is 1.52. The van der Waals surface area contributed by atoms with Crippen LogP contribution >= 0.6 is 0 Å². The molecule has 21 heavy (non-hydrogen) atoms. The second-order valence-electron chi connectivity index (χ2n) is 3.93. The van der Waals surface area contributed by atoms with E-state index in [2.05, 4.69) is 11.8 Å². The van der Waals surface area contributed by atoms with Crippen LogP contribution in [0.5, 0.6) is 5.75 Å². The Hall–Kier alpha value is -2.74. The van der Waals surface area contributed by atoms with Gasteiger partial charge in [0.2, 0.25) is 0 Å². The summed E-state index contributed by atoms with van der Waals surface area (Å²) < 4.78 is 9.93. The summed E-state index contributed by atoms with van der Waals surface area (Å²) in [5.41, 5.74) is 0.654. The van der Waals surface area contributed by atoms with Gasteiger partial charge in [-0.1, -0.05) is 24.0 Å². The maximum absolute atomic E-state index is 11.6. The quantitative estimate of drug-likeness (QED) is 0.510. The van der Waals surface area contributed by atoms with Gasteiger partial charge < -0.3 is 14.6 Å². The summed E-state index contributed by atoms with van der Waals surface area (Å²) in [7, 11) is 1.53. The number of rotatable bonds is 5. The van der Waals surface area contributed by atoms with Crippen LogP contribution in [0.2, 0.25) is 0 Å². The minimum Gasteiger partial charge on any atom is -0.495 e. The van der Waals surface area contributed by atoms with E-state index in [1.165, 1.54) is 13.2 Å². The molecule has 0 atom stereocenters. The molecular weight excluding hydrogens is 272 g/mol. The summed E-state index contributed by atoms with van der Waals surface area (Å²) in [5, 5.41) is 8.78. The standard InChI is InChI=1S/C16H16O5/c1-3-21-16(19)13(11-15(17)18)9-6-8-12-7-4-5-10-14(12)20-2/h4-5,7,9-10H,3,11H2,1-2H3,(H,17,18)/b13-9+. The number of carboxylic acid groups (broad SMARTS) is 1. The van der Waals surface area contributed by atoms with Crippen molar-refractivity contribution in [2.45, 2.75) is 13.3 Å². The molecule has 1 aromatic carbocycles. The van der Waals surface area contributed by atoms with E-state index in [9.17, 15) is 9.59 Å². The Labute approximate surface area is 123 Å². The molecule has 1 N–H and O–H groups in total. The highest BCUT2D eigenvalue weighted by atomic mass is 16.5. The van der Waals surface area contributed by atoms with Crippen LogP contribution in [0.3, 0.4) is 0 Å². The number of carboxylic acids is 1. The maximum Gasteiger partial charge on any atom is 0.335 e. The Morgan fingerprint density at radius 2 is 2.05 bits per heavy atom. The molecule has 0 radical (unpaired) electrons. The average Bonchev–Trinajstić information content (AvgIpc) is 2.46. The second kappa shape index (κ2) is 8.43. The summed E-state index contributed by atoms with van der Waals surface area (Å²) in [4.78, 5) is 22.3. The van der Waals surface area contributed by atoms with Gasteiger partial charge in [-0.2, -0.15) is 0 Å². The molecule has 0 amide bonds. The van der Waals surface area contributed by atoms with Crippen LogP contribution in [-0.2, 0) is 14.3 Å². The lowest BCUT2D eigenvalue weighted by Crippen LogP contribution is -2.11. The first-order valence-corrected chi connectivity index (χ1v) is 6.31. The van der Waals surface area contributed by atoms with Gasteiger partial charge in [0, 0.05) is 0 Å². The van der Waals surface area contributed by atoms with E-state index in [0.29, 0.717) is 11.3 Å². The van der Waals surface area contributed by atoms with Crippen LogP contribution in [0, 0.1) is 11.8 Å². The molecule has 0 aromatic heterocycles. The van der Waals surface area contributed by atoms with Gasteiger partial charge in [-0.25, -0.2) is 4.79 Å². The predicted molar refractivity (Wildman–Crippen MR) is 76.8 cm³/mol. The summed E-state index contributed by atoms with van der Waals surface area (Å²) >= 11 is 0. The molecule has 0 bridgehead atoms. The first-order valence-electron chi connectivity index (χ1n) is 6.31. The molecular formula is C16H16O5. The highest BCUT2D eigenvalue weighted by Gasteiger charge is 2.13. The lowest BCUT2D eigenvalue weighted by molar-refractivity contribution is -0.142. The molecule has 0 saturated carbocycles. The Morgan fingerprint density at radius 1 is 1.33 bits per heavy atom. The van der Waals surface area contributed by atoms with E-state index in [0.717, 1.165) is 0 Å². The molecule has 0 fully saturated rings. The van der Waals surface area contributed by atoms with E-state index < -0.39 is 18.4 Å². The Morgan fingerprint density at radius 3 is 2.67 bits per heavy atom. The largest absolute Gasteiger partial charge is 0.495 e. The molecule has 1 aromatic rings. The van der Waals surface area contributed by atoms with Crippen LogP contribution < -0.4 is 4.74 Å². The topological polar surface area (TPSA) is 72.8 Å². The summed E-state index contributed by atoms with van der Waals surface area (Å²) in [6, 6.07) is 7.15. The van der Waals surface area contributed by atoms with Crippen molar-refractivity contribution in [3.05, 3.63) is 41.5 Å². The molecule has 1 rings (SSSR count). The number of ether oxygens (including phenoxy) is 2. The van der Waals surface area contributed by atoms with Gasteiger partial charge in [-0.15, -0.1) is 0 Å². The SMILES string of the molecule is CCOC(=O)/C(=C/C#Cc1ccccc1OC)CC(=O)O. The third-order valence-electron chi connectivity index (χ3n) is 2.44. The van der Waals surface area contributed by atoms with Crippen LogP contribution in [0.4, 0.5) is 0 Å². The highest BCUT2D eigenvalue weighted by molar-refractivity contribution is 5.94. The molecule has 0 heterocycles. The summed E-state index contributed by atoms with van der Waals surface area (Å²) in [5.74, 6) is 4.29. The number of benzene rings is 1. The third-order valence-corrected chi connectivity index (χ3v) is 2.44. The van der Waals surface area contributed by atoms with Gasteiger partial charge in [-0.3, -0.25) is 4.79 Å². The van der Waals surface area contributed by atoms with Gasteiger partial charge >= 0.3 is 11.9 Å². The molecule has 0 aliphatic rings. The number of hydrogen-bond donors (Lipinski definition) is 1. The number of allylic oxidation sites excluding steroid dienone is 1. The van der Waals surface area contributed by atoms with Crippen LogP contribution in [0.25, 0.3) is 0 Å². The molecule has 5 heteroatoms. The van der Waals surface area contributed by atoms with Crippen molar-refractivity contribution in [2.75, 3.05) is 13.7 Å². The number of esters is 1. The molecule has 0 spiro atoms. The minimum atomic E-state index is -1.12. The summed E-state index contributed by atoms with van der Waals surface area (Å²) in [6.07, 6.45) is 0.831. The Bertz CT molecular complexity index is 605. The number of carbonyl (C=O) groups excluding carboxylic acids is 1. The summed E-state index contributed by atoms with van der Waals surface area (Å²) in [6.45, 7) is 1.83. The molecule has 0 aliphatic carbocycles. The van der Waals surface area contributed by atoms with Crippen LogP contribution in [0.1, 0.15) is 18.9 Å². The lowest BCUT2D eigenvalue weighted by atomic mass is 10.1. The number of carbonyl (C=O) groups is 2. The van der Waals surface area contributed by atoms with Gasteiger partial charge in [0.15, 0.2) is 0 Å². The van der Waals surface area contributed by atoms with Crippen molar-refractivity contribution in [3.8, 4) is 17.6 Å². The van der Waals surface area contributed by atoms with Gasteiger partial charge in [0.1, 0.15) is 5.75 Å². The first kappa shape index (κ1) is 16.3. The number of methoxy groups -OCH3 is 1.